The van der Waals surface area contributed by atoms with E-state index < -0.39 is 12.1 Å². The summed E-state index contributed by atoms with van der Waals surface area (Å²) in [6, 6.07) is -1.13. The van der Waals surface area contributed by atoms with Crippen LogP contribution in [0.2, 0.25) is 0 Å². The highest BCUT2D eigenvalue weighted by Gasteiger charge is 2.22. The van der Waals surface area contributed by atoms with E-state index in [1.54, 1.807) is 0 Å². The summed E-state index contributed by atoms with van der Waals surface area (Å²) in [5.41, 5.74) is 5.85. The van der Waals surface area contributed by atoms with Crippen LogP contribution in [-0.2, 0) is 9.59 Å². The fraction of sp³-hybridized carbons (Fsp3) is 0.857. The first-order valence-corrected chi connectivity index (χ1v) is 8.21. The summed E-state index contributed by atoms with van der Waals surface area (Å²) in [7, 11) is 1.89. The van der Waals surface area contributed by atoms with Gasteiger partial charge in [-0.2, -0.15) is 12.6 Å². The molecule has 7 heteroatoms. The number of nitrogens with two attached hydrogens (primary N) is 1. The Balaban J connectivity index is 4.21. The van der Waals surface area contributed by atoms with Crippen molar-refractivity contribution in [2.75, 3.05) is 19.3 Å². The zero-order chi connectivity index (χ0) is 16.3. The molecule has 6 nitrogen and oxygen atoms in total. The van der Waals surface area contributed by atoms with Gasteiger partial charge < -0.3 is 21.7 Å². The first-order chi connectivity index (χ1) is 9.96. The van der Waals surface area contributed by atoms with Gasteiger partial charge in [0.15, 0.2) is 0 Å². The molecule has 0 spiro atoms. The second-order valence-electron chi connectivity index (χ2n) is 5.27. The molecule has 0 heterocycles. The summed E-state index contributed by atoms with van der Waals surface area (Å²) >= 11 is 4.12. The van der Waals surface area contributed by atoms with E-state index in [-0.39, 0.29) is 17.9 Å². The minimum Gasteiger partial charge on any atom is -0.351 e. The van der Waals surface area contributed by atoms with Gasteiger partial charge in [0.25, 0.3) is 0 Å². The summed E-state index contributed by atoms with van der Waals surface area (Å²) in [6.45, 7) is 4.64. The molecule has 0 rings (SSSR count). The lowest BCUT2D eigenvalue weighted by atomic mass is 10.1. The van der Waals surface area contributed by atoms with Crippen molar-refractivity contribution in [2.45, 2.75) is 57.7 Å². The fourth-order valence-electron chi connectivity index (χ4n) is 1.82. The molecule has 0 aromatic heterocycles. The summed E-state index contributed by atoms with van der Waals surface area (Å²) in [6.07, 6.45) is 3.02. The molecule has 0 bridgehead atoms. The average Bonchev–Trinajstić information content (AvgIpc) is 2.48. The van der Waals surface area contributed by atoms with Gasteiger partial charge in [0.05, 0.1) is 6.04 Å². The van der Waals surface area contributed by atoms with Gasteiger partial charge in [-0.25, -0.2) is 0 Å². The Hall–Kier alpha value is -0.790. The number of amides is 2. The third kappa shape index (κ3) is 8.95. The van der Waals surface area contributed by atoms with E-state index in [0.717, 1.165) is 19.4 Å². The van der Waals surface area contributed by atoms with Crippen LogP contribution < -0.4 is 21.7 Å². The standard InChI is InChI=1S/C14H30N4O2S/c1-4-12(14(20)17-10(2)9-21)18-13(19)11(15)7-5-6-8-16-3/h10-12,16,21H,4-9,15H2,1-3H3,(H,17,20)(H,18,19). The van der Waals surface area contributed by atoms with Crippen molar-refractivity contribution in [1.82, 2.24) is 16.0 Å². The van der Waals surface area contributed by atoms with Crippen LogP contribution in [0.3, 0.4) is 0 Å². The first-order valence-electron chi connectivity index (χ1n) is 7.58. The Labute approximate surface area is 133 Å². The largest absolute Gasteiger partial charge is 0.351 e. The first kappa shape index (κ1) is 20.2. The number of hydrogen-bond acceptors (Lipinski definition) is 5. The Morgan fingerprint density at radius 2 is 1.86 bits per heavy atom. The number of rotatable bonds is 11. The van der Waals surface area contributed by atoms with Crippen molar-refractivity contribution in [3.05, 3.63) is 0 Å². The van der Waals surface area contributed by atoms with Gasteiger partial charge >= 0.3 is 0 Å². The van der Waals surface area contributed by atoms with E-state index in [2.05, 4.69) is 28.6 Å². The number of carbonyl (C=O) groups excluding carboxylic acids is 2. The van der Waals surface area contributed by atoms with Gasteiger partial charge in [0.1, 0.15) is 6.04 Å². The molecule has 0 aliphatic heterocycles. The van der Waals surface area contributed by atoms with Crippen LogP contribution in [0.1, 0.15) is 39.5 Å². The molecule has 5 N–H and O–H groups in total. The normalized spacial score (nSPS) is 15.1. The fourth-order valence-corrected chi connectivity index (χ4v) is 1.91. The molecule has 0 aliphatic carbocycles. The summed E-state index contributed by atoms with van der Waals surface area (Å²) in [4.78, 5) is 24.0. The molecule has 21 heavy (non-hydrogen) atoms. The van der Waals surface area contributed by atoms with Crippen molar-refractivity contribution in [3.63, 3.8) is 0 Å². The van der Waals surface area contributed by atoms with E-state index in [4.69, 9.17) is 5.73 Å². The number of hydrogen-bond donors (Lipinski definition) is 5. The third-order valence-electron chi connectivity index (χ3n) is 3.23. The van der Waals surface area contributed by atoms with E-state index >= 15 is 0 Å². The van der Waals surface area contributed by atoms with E-state index in [9.17, 15) is 9.59 Å². The molecule has 0 fully saturated rings. The van der Waals surface area contributed by atoms with E-state index in [1.165, 1.54) is 0 Å². The summed E-state index contributed by atoms with van der Waals surface area (Å²) in [5, 5.41) is 8.58. The zero-order valence-corrected chi connectivity index (χ0v) is 14.2. The highest BCUT2D eigenvalue weighted by Crippen LogP contribution is 2.01. The Morgan fingerprint density at radius 3 is 2.38 bits per heavy atom. The molecule has 2 amide bonds. The van der Waals surface area contributed by atoms with Crippen LogP contribution in [0.15, 0.2) is 0 Å². The van der Waals surface area contributed by atoms with Crippen LogP contribution in [0.5, 0.6) is 0 Å². The number of carbonyl (C=O) groups is 2. The molecular weight excluding hydrogens is 288 g/mol. The van der Waals surface area contributed by atoms with Gasteiger partial charge in [0, 0.05) is 11.8 Å². The highest BCUT2D eigenvalue weighted by molar-refractivity contribution is 7.80. The highest BCUT2D eigenvalue weighted by atomic mass is 32.1. The average molecular weight is 318 g/mol. The van der Waals surface area contributed by atoms with E-state index in [0.29, 0.717) is 18.6 Å². The van der Waals surface area contributed by atoms with Crippen molar-refractivity contribution < 1.29 is 9.59 Å². The van der Waals surface area contributed by atoms with Gasteiger partial charge in [-0.3, -0.25) is 9.59 Å². The second kappa shape index (κ2) is 11.8. The quantitative estimate of drug-likeness (QED) is 0.274. The maximum Gasteiger partial charge on any atom is 0.242 e. The van der Waals surface area contributed by atoms with Gasteiger partial charge in [-0.15, -0.1) is 0 Å². The smallest absolute Gasteiger partial charge is 0.242 e. The van der Waals surface area contributed by atoms with Crippen LogP contribution >= 0.6 is 12.6 Å². The lowest BCUT2D eigenvalue weighted by Gasteiger charge is -2.21. The Kier molecular flexibility index (Phi) is 11.4. The number of nitrogens with one attached hydrogen (secondary N) is 3. The molecule has 0 aromatic rings. The van der Waals surface area contributed by atoms with Crippen LogP contribution in [0.25, 0.3) is 0 Å². The molecule has 0 saturated carbocycles. The monoisotopic (exact) mass is 318 g/mol. The number of unbranched alkanes of at least 4 members (excludes halogenated alkanes) is 1. The summed E-state index contributed by atoms with van der Waals surface area (Å²) < 4.78 is 0. The minimum atomic E-state index is -0.564. The Morgan fingerprint density at radius 1 is 1.19 bits per heavy atom. The van der Waals surface area contributed by atoms with Crippen LogP contribution in [0, 0.1) is 0 Å². The minimum absolute atomic E-state index is 0.0259. The molecule has 124 valence electrons. The lowest BCUT2D eigenvalue weighted by Crippen LogP contribution is -2.52. The zero-order valence-electron chi connectivity index (χ0n) is 13.3. The van der Waals surface area contributed by atoms with Gasteiger partial charge in [-0.1, -0.05) is 13.3 Å². The number of thiol groups is 1. The lowest BCUT2D eigenvalue weighted by molar-refractivity contribution is -0.130. The molecule has 3 atom stereocenters. The molecule has 3 unspecified atom stereocenters. The van der Waals surface area contributed by atoms with Crippen LogP contribution in [0.4, 0.5) is 0 Å². The second-order valence-corrected chi connectivity index (χ2v) is 5.63. The topological polar surface area (TPSA) is 96.2 Å². The van der Waals surface area contributed by atoms with E-state index in [1.807, 2.05) is 20.9 Å². The predicted molar refractivity (Wildman–Crippen MR) is 89.4 cm³/mol. The van der Waals surface area contributed by atoms with Crippen molar-refractivity contribution in [2.24, 2.45) is 5.73 Å². The van der Waals surface area contributed by atoms with Crippen molar-refractivity contribution in [3.8, 4) is 0 Å². The molecule has 0 aliphatic rings. The SMILES string of the molecule is CCC(NC(=O)C(N)CCCCNC)C(=O)NC(C)CS. The van der Waals surface area contributed by atoms with Crippen molar-refractivity contribution >= 4 is 24.4 Å². The summed E-state index contributed by atoms with van der Waals surface area (Å²) in [5.74, 6) is 0.107. The Bertz CT molecular complexity index is 315. The van der Waals surface area contributed by atoms with Gasteiger partial charge in [0.2, 0.25) is 11.8 Å². The third-order valence-corrected chi connectivity index (χ3v) is 3.78. The van der Waals surface area contributed by atoms with Gasteiger partial charge in [-0.05, 0) is 39.8 Å². The molecule has 0 saturated heterocycles. The molecule has 0 radical (unpaired) electrons. The molecular formula is C14H30N4O2S. The molecule has 0 aromatic carbocycles. The predicted octanol–water partition coefficient (Wildman–Crippen LogP) is 0.0327. The maximum atomic E-state index is 12.0. The maximum absolute atomic E-state index is 12.0. The van der Waals surface area contributed by atoms with Crippen LogP contribution in [-0.4, -0.2) is 49.3 Å². The van der Waals surface area contributed by atoms with Crippen molar-refractivity contribution in [1.29, 1.82) is 0 Å².